The van der Waals surface area contributed by atoms with Gasteiger partial charge in [-0.3, -0.25) is 0 Å². The van der Waals surface area contributed by atoms with Crippen molar-refractivity contribution in [2.45, 2.75) is 44.8 Å². The maximum absolute atomic E-state index is 12.9. The molecule has 4 nitrogen and oxygen atoms in total. The van der Waals surface area contributed by atoms with Gasteiger partial charge in [0.2, 0.25) is 0 Å². The minimum atomic E-state index is -4.45. The zero-order valence-electron chi connectivity index (χ0n) is 13.9. The second-order valence-electron chi connectivity index (χ2n) is 6.37. The predicted molar refractivity (Wildman–Crippen MR) is 85.8 cm³/mol. The van der Waals surface area contributed by atoms with Crippen LogP contribution in [-0.4, -0.2) is 35.7 Å². The fraction of sp³-hybridized carbons (Fsp3) is 0.588. The first-order chi connectivity index (χ1) is 11.2. The lowest BCUT2D eigenvalue weighted by Crippen LogP contribution is -2.42. The number of carbonyl (C=O) groups is 1. The molecular weight excluding hydrogens is 321 g/mol. The number of alkyl halides is 3. The van der Waals surface area contributed by atoms with Gasteiger partial charge in [0.05, 0.1) is 5.56 Å². The van der Waals surface area contributed by atoms with Crippen molar-refractivity contribution in [2.75, 3.05) is 19.0 Å². The smallest absolute Gasteiger partial charge is 0.396 e. The first kappa shape index (κ1) is 18.6. The molecule has 0 aromatic heterocycles. The van der Waals surface area contributed by atoms with Gasteiger partial charge in [-0.15, -0.1) is 0 Å². The van der Waals surface area contributed by atoms with Gasteiger partial charge in [-0.05, 0) is 56.2 Å². The van der Waals surface area contributed by atoms with E-state index >= 15 is 0 Å². The van der Waals surface area contributed by atoms with Crippen molar-refractivity contribution >= 4 is 11.7 Å². The zero-order valence-corrected chi connectivity index (χ0v) is 13.9. The summed E-state index contributed by atoms with van der Waals surface area (Å²) in [6.07, 6.45) is -1.17. The van der Waals surface area contributed by atoms with Crippen LogP contribution in [-0.2, 0) is 6.18 Å². The number of amides is 2. The Balaban J connectivity index is 2.05. The van der Waals surface area contributed by atoms with Crippen LogP contribution in [0.5, 0.6) is 0 Å². The highest BCUT2D eigenvalue weighted by Crippen LogP contribution is 2.34. The van der Waals surface area contributed by atoms with E-state index in [0.717, 1.165) is 31.7 Å². The average molecular weight is 344 g/mol. The monoisotopic (exact) mass is 344 g/mol. The largest absolute Gasteiger partial charge is 0.416 e. The molecule has 24 heavy (non-hydrogen) atoms. The van der Waals surface area contributed by atoms with Crippen LogP contribution in [0.1, 0.15) is 36.8 Å². The average Bonchev–Trinajstić information content (AvgIpc) is 2.55. The van der Waals surface area contributed by atoms with Crippen molar-refractivity contribution in [1.29, 1.82) is 0 Å². The number of rotatable bonds is 3. The van der Waals surface area contributed by atoms with Gasteiger partial charge in [-0.25, -0.2) is 4.79 Å². The number of aliphatic hydroxyl groups is 1. The minimum Gasteiger partial charge on any atom is -0.396 e. The molecule has 0 bridgehead atoms. The molecule has 2 N–H and O–H groups in total. The number of hydrogen-bond donors (Lipinski definition) is 2. The molecule has 0 atom stereocenters. The van der Waals surface area contributed by atoms with E-state index in [9.17, 15) is 18.0 Å². The Morgan fingerprint density at radius 1 is 1.29 bits per heavy atom. The van der Waals surface area contributed by atoms with E-state index in [4.69, 9.17) is 5.11 Å². The van der Waals surface area contributed by atoms with E-state index in [1.807, 2.05) is 0 Å². The first-order valence-electron chi connectivity index (χ1n) is 8.05. The summed E-state index contributed by atoms with van der Waals surface area (Å²) in [7, 11) is 1.65. The van der Waals surface area contributed by atoms with Crippen LogP contribution in [0.3, 0.4) is 0 Å². The number of carbonyl (C=O) groups excluding carboxylic acids is 1. The quantitative estimate of drug-likeness (QED) is 0.870. The molecule has 0 heterocycles. The van der Waals surface area contributed by atoms with Crippen molar-refractivity contribution in [3.63, 3.8) is 0 Å². The molecule has 7 heteroatoms. The number of anilines is 1. The topological polar surface area (TPSA) is 52.6 Å². The summed E-state index contributed by atoms with van der Waals surface area (Å²) < 4.78 is 38.8. The maximum Gasteiger partial charge on any atom is 0.416 e. The Hall–Kier alpha value is -1.76. The Bertz CT molecular complexity index is 582. The van der Waals surface area contributed by atoms with Crippen LogP contribution in [0.2, 0.25) is 0 Å². The molecule has 0 radical (unpaired) electrons. The van der Waals surface area contributed by atoms with Crippen molar-refractivity contribution < 1.29 is 23.1 Å². The lowest BCUT2D eigenvalue weighted by molar-refractivity contribution is -0.138. The molecule has 2 amide bonds. The number of urea groups is 1. The van der Waals surface area contributed by atoms with Gasteiger partial charge in [0.1, 0.15) is 0 Å². The van der Waals surface area contributed by atoms with E-state index in [1.54, 1.807) is 11.9 Å². The molecule has 2 rings (SSSR count). The summed E-state index contributed by atoms with van der Waals surface area (Å²) in [6.45, 7) is 1.51. The Kier molecular flexibility index (Phi) is 5.74. The van der Waals surface area contributed by atoms with Crippen LogP contribution >= 0.6 is 0 Å². The fourth-order valence-corrected chi connectivity index (χ4v) is 3.16. The highest BCUT2D eigenvalue weighted by molar-refractivity contribution is 5.90. The first-order valence-corrected chi connectivity index (χ1v) is 8.05. The number of benzene rings is 1. The number of halogens is 3. The molecule has 0 spiro atoms. The third kappa shape index (κ3) is 4.20. The third-order valence-electron chi connectivity index (χ3n) is 4.82. The molecule has 0 saturated heterocycles. The van der Waals surface area contributed by atoms with Gasteiger partial charge in [-0.1, -0.05) is 6.07 Å². The maximum atomic E-state index is 12.9. The number of hydrogen-bond acceptors (Lipinski definition) is 2. The second-order valence-corrected chi connectivity index (χ2v) is 6.37. The SMILES string of the molecule is Cc1c(NC(=O)N(C)C2CCC(CO)CC2)cccc1C(F)(F)F. The normalized spacial score (nSPS) is 21.4. The zero-order chi connectivity index (χ0) is 17.9. The molecule has 1 aliphatic rings. The molecule has 1 aliphatic carbocycles. The minimum absolute atomic E-state index is 0.00994. The molecule has 0 aliphatic heterocycles. The van der Waals surface area contributed by atoms with Crippen LogP contribution < -0.4 is 5.32 Å². The van der Waals surface area contributed by atoms with Crippen molar-refractivity contribution in [1.82, 2.24) is 4.90 Å². The standard InChI is InChI=1S/C17H23F3N2O2/c1-11-14(17(18,19)20)4-3-5-15(11)21-16(24)22(2)13-8-6-12(10-23)7-9-13/h3-5,12-13,23H,6-10H2,1-2H3,(H,21,24). The Labute approximate surface area is 139 Å². The summed E-state index contributed by atoms with van der Waals surface area (Å²) in [4.78, 5) is 13.9. The highest BCUT2D eigenvalue weighted by atomic mass is 19.4. The van der Waals surface area contributed by atoms with Crippen molar-refractivity contribution in [3.05, 3.63) is 29.3 Å². The number of nitrogens with one attached hydrogen (secondary N) is 1. The van der Waals surface area contributed by atoms with Gasteiger partial charge in [0.15, 0.2) is 0 Å². The van der Waals surface area contributed by atoms with Gasteiger partial charge < -0.3 is 15.3 Å². The van der Waals surface area contributed by atoms with E-state index in [0.29, 0.717) is 0 Å². The van der Waals surface area contributed by atoms with Crippen LogP contribution in [0.25, 0.3) is 0 Å². The predicted octanol–water partition coefficient (Wildman–Crippen LogP) is 4.03. The van der Waals surface area contributed by atoms with Crippen LogP contribution in [0, 0.1) is 12.8 Å². The van der Waals surface area contributed by atoms with Crippen molar-refractivity contribution in [3.8, 4) is 0 Å². The molecule has 1 saturated carbocycles. The van der Waals surface area contributed by atoms with Gasteiger partial charge >= 0.3 is 12.2 Å². The summed E-state index contributed by atoms with van der Waals surface area (Å²) in [5.74, 6) is 0.281. The number of aliphatic hydroxyl groups excluding tert-OH is 1. The molecule has 1 fully saturated rings. The summed E-state index contributed by atoms with van der Waals surface area (Å²) >= 11 is 0. The lowest BCUT2D eigenvalue weighted by atomic mass is 9.86. The fourth-order valence-electron chi connectivity index (χ4n) is 3.16. The third-order valence-corrected chi connectivity index (χ3v) is 4.82. The Morgan fingerprint density at radius 3 is 2.46 bits per heavy atom. The van der Waals surface area contributed by atoms with Crippen LogP contribution in [0.4, 0.5) is 23.7 Å². The Morgan fingerprint density at radius 2 is 1.92 bits per heavy atom. The summed E-state index contributed by atoms with van der Waals surface area (Å²) in [6, 6.07) is 3.39. The highest BCUT2D eigenvalue weighted by Gasteiger charge is 2.33. The molecular formula is C17H23F3N2O2. The van der Waals surface area contributed by atoms with Gasteiger partial charge in [0.25, 0.3) is 0 Å². The van der Waals surface area contributed by atoms with E-state index in [-0.39, 0.29) is 29.8 Å². The van der Waals surface area contributed by atoms with E-state index in [1.165, 1.54) is 19.1 Å². The molecule has 0 unspecified atom stereocenters. The van der Waals surface area contributed by atoms with E-state index in [2.05, 4.69) is 5.32 Å². The second kappa shape index (κ2) is 7.42. The molecule has 134 valence electrons. The van der Waals surface area contributed by atoms with Gasteiger partial charge in [0, 0.05) is 25.4 Å². The van der Waals surface area contributed by atoms with Crippen molar-refractivity contribution in [2.24, 2.45) is 5.92 Å². The molecule has 1 aromatic carbocycles. The lowest BCUT2D eigenvalue weighted by Gasteiger charge is -2.34. The van der Waals surface area contributed by atoms with Crippen LogP contribution in [0.15, 0.2) is 18.2 Å². The summed E-state index contributed by atoms with van der Waals surface area (Å²) in [5, 5.41) is 11.7. The van der Waals surface area contributed by atoms with Gasteiger partial charge in [-0.2, -0.15) is 13.2 Å². The molecule has 1 aromatic rings. The summed E-state index contributed by atoms with van der Waals surface area (Å²) in [5.41, 5.74) is -0.562. The number of nitrogens with zero attached hydrogens (tertiary/aromatic N) is 1. The van der Waals surface area contributed by atoms with E-state index < -0.39 is 17.8 Å².